The Labute approximate surface area is 65.7 Å². The molecule has 0 aromatic rings. The van der Waals surface area contributed by atoms with Crippen LogP contribution in [0.4, 0.5) is 0 Å². The fourth-order valence-electron chi connectivity index (χ4n) is 0.519. The molecule has 11 heavy (non-hydrogen) atoms. The van der Waals surface area contributed by atoms with Crippen molar-refractivity contribution < 1.29 is 14.7 Å². The van der Waals surface area contributed by atoms with E-state index in [2.05, 4.69) is 0 Å². The minimum atomic E-state index is -1.08. The highest BCUT2D eigenvalue weighted by molar-refractivity contribution is 5.96. The Morgan fingerprint density at radius 2 is 2.00 bits per heavy atom. The zero-order valence-corrected chi connectivity index (χ0v) is 6.70. The maximum Gasteiger partial charge on any atom is 0.328 e. The highest BCUT2D eigenvalue weighted by Crippen LogP contribution is 2.02. The van der Waals surface area contributed by atoms with Crippen LogP contribution in [0.15, 0.2) is 12.2 Å². The second kappa shape index (κ2) is 4.66. The number of hydrogen-bond acceptors (Lipinski definition) is 2. The summed E-state index contributed by atoms with van der Waals surface area (Å²) < 4.78 is 0. The number of carboxylic acid groups (broad SMARTS) is 1. The molecule has 0 amide bonds. The van der Waals surface area contributed by atoms with E-state index >= 15 is 0 Å². The Morgan fingerprint density at radius 1 is 1.45 bits per heavy atom. The zero-order chi connectivity index (χ0) is 8.85. The summed E-state index contributed by atoms with van der Waals surface area (Å²) in [5.74, 6) is -1.29. The molecular weight excluding hydrogens is 144 g/mol. The first-order valence-electron chi connectivity index (χ1n) is 3.52. The smallest absolute Gasteiger partial charge is 0.328 e. The molecule has 0 radical (unpaired) electrons. The molecule has 3 heteroatoms. The number of carboxylic acids is 1. The lowest BCUT2D eigenvalue weighted by atomic mass is 10.0. The van der Waals surface area contributed by atoms with Gasteiger partial charge in [-0.15, -0.1) is 0 Å². The number of aliphatic carboxylic acids is 1. The third-order valence-electron chi connectivity index (χ3n) is 1.49. The van der Waals surface area contributed by atoms with Crippen LogP contribution < -0.4 is 0 Å². The number of rotatable bonds is 4. The highest BCUT2D eigenvalue weighted by Gasteiger charge is 2.06. The van der Waals surface area contributed by atoms with Crippen molar-refractivity contribution in [3.63, 3.8) is 0 Å². The van der Waals surface area contributed by atoms with Crippen molar-refractivity contribution in [1.29, 1.82) is 0 Å². The van der Waals surface area contributed by atoms with Gasteiger partial charge < -0.3 is 5.11 Å². The zero-order valence-electron chi connectivity index (χ0n) is 6.70. The van der Waals surface area contributed by atoms with Gasteiger partial charge in [-0.2, -0.15) is 0 Å². The molecule has 0 heterocycles. The molecule has 0 spiro atoms. The van der Waals surface area contributed by atoms with Gasteiger partial charge in [0.25, 0.3) is 0 Å². The van der Waals surface area contributed by atoms with Crippen molar-refractivity contribution >= 4 is 11.8 Å². The number of ketones is 1. The summed E-state index contributed by atoms with van der Waals surface area (Å²) in [5.41, 5.74) is 0. The molecule has 0 aromatic heterocycles. The number of carbonyl (C=O) groups is 2. The van der Waals surface area contributed by atoms with Gasteiger partial charge in [-0.25, -0.2) is 4.79 Å². The fraction of sp³-hybridized carbons (Fsp3) is 0.500. The summed E-state index contributed by atoms with van der Waals surface area (Å²) in [5, 5.41) is 8.18. The first kappa shape index (κ1) is 9.88. The first-order valence-corrected chi connectivity index (χ1v) is 3.52. The molecule has 0 saturated heterocycles. The molecule has 0 aromatic carbocycles. The van der Waals surface area contributed by atoms with Crippen molar-refractivity contribution in [1.82, 2.24) is 0 Å². The molecule has 0 fully saturated rings. The number of allylic oxidation sites excluding steroid dienone is 1. The summed E-state index contributed by atoms with van der Waals surface area (Å²) in [6.07, 6.45) is 2.72. The largest absolute Gasteiger partial charge is 0.478 e. The molecule has 0 aliphatic heterocycles. The minimum Gasteiger partial charge on any atom is -0.478 e. The summed E-state index contributed by atoms with van der Waals surface area (Å²) in [6.45, 7) is 3.66. The van der Waals surface area contributed by atoms with E-state index in [-0.39, 0.29) is 11.7 Å². The van der Waals surface area contributed by atoms with Crippen LogP contribution >= 0.6 is 0 Å². The Morgan fingerprint density at radius 3 is 2.36 bits per heavy atom. The quantitative estimate of drug-likeness (QED) is 0.623. The van der Waals surface area contributed by atoms with Crippen LogP contribution in [0.3, 0.4) is 0 Å². The van der Waals surface area contributed by atoms with E-state index in [1.165, 1.54) is 0 Å². The van der Waals surface area contributed by atoms with Crippen molar-refractivity contribution in [3.8, 4) is 0 Å². The summed E-state index contributed by atoms with van der Waals surface area (Å²) in [6, 6.07) is 0. The van der Waals surface area contributed by atoms with Crippen LogP contribution in [0.2, 0.25) is 0 Å². The van der Waals surface area contributed by atoms with Gasteiger partial charge in [0.05, 0.1) is 0 Å². The first-order chi connectivity index (χ1) is 5.07. The normalized spacial score (nSPS) is 13.3. The molecule has 3 nitrogen and oxygen atoms in total. The van der Waals surface area contributed by atoms with Crippen molar-refractivity contribution in [2.75, 3.05) is 0 Å². The fourth-order valence-corrected chi connectivity index (χ4v) is 0.519. The lowest BCUT2D eigenvalue weighted by molar-refractivity contribution is -0.131. The van der Waals surface area contributed by atoms with Gasteiger partial charge >= 0.3 is 5.97 Å². The van der Waals surface area contributed by atoms with Crippen LogP contribution in [0.25, 0.3) is 0 Å². The molecule has 0 saturated carbocycles. The molecule has 62 valence electrons. The highest BCUT2D eigenvalue weighted by atomic mass is 16.4. The Balaban J connectivity index is 3.96. The van der Waals surface area contributed by atoms with Gasteiger partial charge in [0.2, 0.25) is 0 Å². The van der Waals surface area contributed by atoms with Gasteiger partial charge in [0.15, 0.2) is 5.78 Å². The minimum absolute atomic E-state index is 0.0781. The standard InChI is InChI=1S/C8H12O3/c1-3-6(2)7(9)4-5-8(10)11/h4-6H,3H2,1-2H3,(H,10,11)/b5-4+. The molecule has 0 aliphatic rings. The molecule has 0 aliphatic carbocycles. The second-order valence-electron chi connectivity index (χ2n) is 2.38. The molecule has 1 atom stereocenters. The van der Waals surface area contributed by atoms with E-state index < -0.39 is 5.97 Å². The predicted molar refractivity (Wildman–Crippen MR) is 41.2 cm³/mol. The maximum atomic E-state index is 10.9. The monoisotopic (exact) mass is 156 g/mol. The van der Waals surface area contributed by atoms with Crippen LogP contribution in [0.5, 0.6) is 0 Å². The Hall–Kier alpha value is -1.12. The lowest BCUT2D eigenvalue weighted by Crippen LogP contribution is -2.06. The van der Waals surface area contributed by atoms with Crippen LogP contribution in [0, 0.1) is 5.92 Å². The summed E-state index contributed by atoms with van der Waals surface area (Å²) in [4.78, 5) is 20.9. The Bertz CT molecular complexity index is 182. The van der Waals surface area contributed by atoms with Crippen LogP contribution in [0.1, 0.15) is 20.3 Å². The third kappa shape index (κ3) is 4.31. The van der Waals surface area contributed by atoms with E-state index in [4.69, 9.17) is 5.11 Å². The molecule has 0 bridgehead atoms. The maximum absolute atomic E-state index is 10.9. The Kier molecular flexibility index (Phi) is 4.18. The number of hydrogen-bond donors (Lipinski definition) is 1. The molecular formula is C8H12O3. The number of carbonyl (C=O) groups excluding carboxylic acids is 1. The van der Waals surface area contributed by atoms with Crippen molar-refractivity contribution in [2.45, 2.75) is 20.3 Å². The second-order valence-corrected chi connectivity index (χ2v) is 2.38. The predicted octanol–water partition coefficient (Wildman–Crippen LogP) is 1.24. The topological polar surface area (TPSA) is 54.4 Å². The van der Waals surface area contributed by atoms with Crippen LogP contribution in [-0.2, 0) is 9.59 Å². The van der Waals surface area contributed by atoms with E-state index in [9.17, 15) is 9.59 Å². The third-order valence-corrected chi connectivity index (χ3v) is 1.49. The van der Waals surface area contributed by atoms with Gasteiger partial charge in [0.1, 0.15) is 0 Å². The van der Waals surface area contributed by atoms with E-state index in [0.29, 0.717) is 0 Å². The van der Waals surface area contributed by atoms with Crippen LogP contribution in [-0.4, -0.2) is 16.9 Å². The van der Waals surface area contributed by atoms with Crippen molar-refractivity contribution in [3.05, 3.63) is 12.2 Å². The van der Waals surface area contributed by atoms with E-state index in [1.807, 2.05) is 6.92 Å². The summed E-state index contributed by atoms with van der Waals surface area (Å²) >= 11 is 0. The van der Waals surface area contributed by atoms with Crippen molar-refractivity contribution in [2.24, 2.45) is 5.92 Å². The van der Waals surface area contributed by atoms with E-state index in [1.54, 1.807) is 6.92 Å². The van der Waals surface area contributed by atoms with Gasteiger partial charge in [0, 0.05) is 12.0 Å². The molecule has 1 unspecified atom stereocenters. The van der Waals surface area contributed by atoms with Gasteiger partial charge in [-0.05, 0) is 12.5 Å². The van der Waals surface area contributed by atoms with Gasteiger partial charge in [-0.3, -0.25) is 4.79 Å². The summed E-state index contributed by atoms with van der Waals surface area (Å²) in [7, 11) is 0. The average molecular weight is 156 g/mol. The average Bonchev–Trinajstić information content (AvgIpc) is 1.98. The van der Waals surface area contributed by atoms with Gasteiger partial charge in [-0.1, -0.05) is 13.8 Å². The molecule has 0 rings (SSSR count). The van der Waals surface area contributed by atoms with E-state index in [0.717, 1.165) is 18.6 Å². The lowest BCUT2D eigenvalue weighted by Gasteiger charge is -2.00. The molecule has 1 N–H and O–H groups in total. The SMILES string of the molecule is CCC(C)C(=O)/C=C/C(=O)O.